The summed E-state index contributed by atoms with van der Waals surface area (Å²) in [4.78, 5) is 54.3. The van der Waals surface area contributed by atoms with Crippen LogP contribution in [-0.2, 0) is 37.5 Å². The number of carbonyl (C=O) groups excluding carboxylic acids is 3. The number of amides is 1. The average Bonchev–Trinajstić information content (AvgIpc) is 3.34. The van der Waals surface area contributed by atoms with Gasteiger partial charge in [-0.1, -0.05) is 44.0 Å². The number of carbonyl (C=O) groups is 3. The van der Waals surface area contributed by atoms with Gasteiger partial charge < -0.3 is 37.5 Å². The van der Waals surface area contributed by atoms with Gasteiger partial charge in [-0.2, -0.15) is 4.98 Å². The number of hydrogen-bond acceptors (Lipinski definition) is 14. The molecule has 2 rings (SSSR count). The fourth-order valence-corrected chi connectivity index (χ4v) is 5.83. The summed E-state index contributed by atoms with van der Waals surface area (Å²) in [5.74, 6) is -0.130. The molecule has 17 heteroatoms. The highest BCUT2D eigenvalue weighted by Gasteiger charge is 2.52. The molecule has 1 amide bonds. The first-order valence-corrected chi connectivity index (χ1v) is 15.7. The molecular formula is C30H43N4O12P. The third-order valence-electron chi connectivity index (χ3n) is 5.95. The van der Waals surface area contributed by atoms with Gasteiger partial charge in [0.05, 0.1) is 13.2 Å². The molecule has 1 saturated heterocycles. The predicted octanol–water partition coefficient (Wildman–Crippen LogP) is 4.86. The number of anilines is 1. The Morgan fingerprint density at radius 2 is 1.47 bits per heavy atom. The zero-order chi connectivity index (χ0) is 34.9. The topological polar surface area (TPSA) is 175 Å². The zero-order valence-corrected chi connectivity index (χ0v) is 27.9. The lowest BCUT2D eigenvalue weighted by atomic mass is 10.1. The molecule has 0 spiro atoms. The smallest absolute Gasteiger partial charge is 0.445 e. The van der Waals surface area contributed by atoms with E-state index < -0.39 is 57.2 Å². The van der Waals surface area contributed by atoms with Gasteiger partial charge in [-0.25, -0.2) is 23.8 Å². The molecule has 16 nitrogen and oxygen atoms in total. The number of hydrogen-bond donors (Lipinski definition) is 1. The van der Waals surface area contributed by atoms with Crippen molar-refractivity contribution in [1.82, 2.24) is 14.2 Å². The number of rotatable bonds is 19. The second-order valence-corrected chi connectivity index (χ2v) is 11.6. The lowest BCUT2D eigenvalue weighted by Crippen LogP contribution is -2.42. The molecule has 0 radical (unpaired) electrons. The maximum Gasteiger partial charge on any atom is 0.509 e. The number of aromatic nitrogens is 2. The summed E-state index contributed by atoms with van der Waals surface area (Å²) in [6.07, 6.45) is -1.71. The van der Waals surface area contributed by atoms with Gasteiger partial charge in [-0.15, -0.1) is 6.58 Å². The molecular weight excluding hydrogens is 639 g/mol. The Kier molecular flexibility index (Phi) is 16.8. The highest BCUT2D eigenvalue weighted by Crippen LogP contribution is 2.47. The zero-order valence-electron chi connectivity index (χ0n) is 27.0. The van der Waals surface area contributed by atoms with Gasteiger partial charge in [0.25, 0.3) is 8.53 Å². The van der Waals surface area contributed by atoms with Gasteiger partial charge in [0.1, 0.15) is 31.7 Å². The maximum atomic E-state index is 13.2. The third-order valence-corrected chi connectivity index (χ3v) is 7.99. The molecule has 2 heterocycles. The average molecular weight is 683 g/mol. The summed E-state index contributed by atoms with van der Waals surface area (Å²) in [7, 11) is -1.69. The number of nitrogens with one attached hydrogen (secondary N) is 1. The van der Waals surface area contributed by atoms with Crippen molar-refractivity contribution >= 4 is 32.7 Å². The number of ether oxygens (including phenoxy) is 6. The van der Waals surface area contributed by atoms with E-state index in [1.165, 1.54) is 30.5 Å². The van der Waals surface area contributed by atoms with Gasteiger partial charge in [-0.3, -0.25) is 9.88 Å². The molecule has 0 saturated carbocycles. The van der Waals surface area contributed by atoms with Crippen molar-refractivity contribution in [1.29, 1.82) is 0 Å². The fourth-order valence-electron chi connectivity index (χ4n) is 4.23. The molecule has 1 aromatic heterocycles. The summed E-state index contributed by atoms with van der Waals surface area (Å²) in [5.41, 5.74) is -0.915. The van der Waals surface area contributed by atoms with Crippen molar-refractivity contribution < 1.29 is 51.9 Å². The van der Waals surface area contributed by atoms with Gasteiger partial charge in [-0.05, 0) is 33.8 Å². The van der Waals surface area contributed by atoms with E-state index in [0.29, 0.717) is 0 Å². The van der Waals surface area contributed by atoms with E-state index in [1.54, 1.807) is 6.08 Å². The van der Waals surface area contributed by atoms with Gasteiger partial charge in [0.15, 0.2) is 18.4 Å². The SMILES string of the molecule is C=CCOC(=O)Nc1ccn([C@@H]2O[C@H](COP(OCC=C)N(C(C)C)C(C)C)[C@@H](OC(=O)OCC=C)[C@H]2OC(=O)OCC=C)c(=O)n1. The van der Waals surface area contributed by atoms with E-state index in [-0.39, 0.29) is 50.9 Å². The molecule has 47 heavy (non-hydrogen) atoms. The summed E-state index contributed by atoms with van der Waals surface area (Å²) in [5, 5.41) is 2.32. The fraction of sp³-hybridized carbons (Fsp3) is 0.500. The van der Waals surface area contributed by atoms with Crippen LogP contribution < -0.4 is 11.0 Å². The van der Waals surface area contributed by atoms with Crippen LogP contribution >= 0.6 is 8.53 Å². The van der Waals surface area contributed by atoms with Crippen molar-refractivity contribution in [3.05, 3.63) is 73.4 Å². The first-order valence-electron chi connectivity index (χ1n) is 14.6. The molecule has 1 aromatic rings. The van der Waals surface area contributed by atoms with Crippen LogP contribution in [-0.4, -0.2) is 96.1 Å². The molecule has 0 aliphatic carbocycles. The first kappa shape index (κ1) is 39.1. The Balaban J connectivity index is 2.51. The highest BCUT2D eigenvalue weighted by molar-refractivity contribution is 7.44. The molecule has 1 aliphatic rings. The van der Waals surface area contributed by atoms with Gasteiger partial charge >= 0.3 is 24.1 Å². The van der Waals surface area contributed by atoms with Crippen molar-refractivity contribution in [3.63, 3.8) is 0 Å². The van der Waals surface area contributed by atoms with Crippen LogP contribution in [0, 0.1) is 0 Å². The Hall–Kier alpha value is -4.08. The van der Waals surface area contributed by atoms with Crippen molar-refractivity contribution in [2.75, 3.05) is 38.4 Å². The minimum absolute atomic E-state index is 0.0191. The Labute approximate surface area is 274 Å². The van der Waals surface area contributed by atoms with E-state index in [0.717, 1.165) is 4.57 Å². The molecule has 1 unspecified atom stereocenters. The summed E-state index contributed by atoms with van der Waals surface area (Å²) >= 11 is 0. The Morgan fingerprint density at radius 1 is 0.915 bits per heavy atom. The first-order chi connectivity index (χ1) is 22.5. The Morgan fingerprint density at radius 3 is 2.00 bits per heavy atom. The molecule has 0 aromatic carbocycles. The van der Waals surface area contributed by atoms with E-state index >= 15 is 0 Å². The Bertz CT molecular complexity index is 1280. The van der Waals surface area contributed by atoms with Crippen LogP contribution in [0.5, 0.6) is 0 Å². The van der Waals surface area contributed by atoms with Crippen LogP contribution in [0.1, 0.15) is 33.9 Å². The van der Waals surface area contributed by atoms with Crippen molar-refractivity contribution in [2.45, 2.75) is 64.3 Å². The van der Waals surface area contributed by atoms with Gasteiger partial charge in [0.2, 0.25) is 0 Å². The lowest BCUT2D eigenvalue weighted by molar-refractivity contribution is -0.0650. The van der Waals surface area contributed by atoms with Crippen molar-refractivity contribution in [3.8, 4) is 0 Å². The normalized spacial score (nSPS) is 19.5. The minimum atomic E-state index is -1.69. The van der Waals surface area contributed by atoms with Crippen LogP contribution in [0.2, 0.25) is 0 Å². The molecule has 0 bridgehead atoms. The third kappa shape index (κ3) is 12.2. The lowest BCUT2D eigenvalue weighted by Gasteiger charge is -2.36. The molecule has 260 valence electrons. The molecule has 1 aliphatic heterocycles. The van der Waals surface area contributed by atoms with Crippen LogP contribution in [0.4, 0.5) is 20.2 Å². The summed E-state index contributed by atoms with van der Waals surface area (Å²) < 4.78 is 47.3. The quantitative estimate of drug-likeness (QED) is 0.0907. The molecule has 1 fully saturated rings. The maximum absolute atomic E-state index is 13.2. The molecule has 5 atom stereocenters. The van der Waals surface area contributed by atoms with Crippen molar-refractivity contribution in [2.24, 2.45) is 0 Å². The minimum Gasteiger partial charge on any atom is -0.445 e. The van der Waals surface area contributed by atoms with E-state index in [4.69, 9.17) is 37.5 Å². The van der Waals surface area contributed by atoms with Gasteiger partial charge in [0, 0.05) is 18.3 Å². The number of nitrogens with zero attached hydrogens (tertiary/aromatic N) is 3. The predicted molar refractivity (Wildman–Crippen MR) is 172 cm³/mol. The standard InChI is InChI=1S/C30H43N4O12P/c1-9-15-39-28(36)32-23-13-14-33(27(35)31-23)26-25(46-30(38)41-17-11-3)24(45-29(37)40-16-10-2)22(44-26)19-43-47(42-18-12-4)34(20(5)6)21(7)8/h9-14,20-22,24-26H,1-4,15-19H2,5-8H3,(H,31,32,35,36)/t22-,24-,25-,26-,47?/m1/s1. The summed E-state index contributed by atoms with van der Waals surface area (Å²) in [6, 6.07) is 1.33. The van der Waals surface area contributed by atoms with E-state index in [2.05, 4.69) is 36.6 Å². The largest absolute Gasteiger partial charge is 0.509 e. The van der Waals surface area contributed by atoms with Crippen LogP contribution in [0.25, 0.3) is 0 Å². The second-order valence-electron chi connectivity index (χ2n) is 10.1. The molecule has 1 N–H and O–H groups in total. The van der Waals surface area contributed by atoms with E-state index in [1.807, 2.05) is 32.4 Å². The monoisotopic (exact) mass is 682 g/mol. The highest BCUT2D eigenvalue weighted by atomic mass is 31.2. The van der Waals surface area contributed by atoms with Crippen LogP contribution in [0.3, 0.4) is 0 Å². The second kappa shape index (κ2) is 20.2. The van der Waals surface area contributed by atoms with Crippen LogP contribution in [0.15, 0.2) is 67.7 Å². The summed E-state index contributed by atoms with van der Waals surface area (Å²) in [6.45, 7) is 21.6. The van der Waals surface area contributed by atoms with E-state index in [9.17, 15) is 19.2 Å².